The van der Waals surface area contributed by atoms with E-state index in [0.717, 1.165) is 17.4 Å². The molecule has 0 bridgehead atoms. The summed E-state index contributed by atoms with van der Waals surface area (Å²) in [7, 11) is 0. The van der Waals surface area contributed by atoms with Gasteiger partial charge in [-0.15, -0.1) is 11.3 Å². The normalized spacial score (nSPS) is 10.2. The van der Waals surface area contributed by atoms with Gasteiger partial charge in [0.1, 0.15) is 17.7 Å². The van der Waals surface area contributed by atoms with Crippen LogP contribution in [-0.4, -0.2) is 0 Å². The first-order valence-corrected chi connectivity index (χ1v) is 4.36. The van der Waals surface area contributed by atoms with E-state index in [1.165, 1.54) is 11.4 Å². The maximum absolute atomic E-state index is 13.0. The summed E-state index contributed by atoms with van der Waals surface area (Å²) in [5.74, 6) is -1.12. The number of hydrogen-bond acceptors (Lipinski definition) is 2. The molecular weight excluding hydrogens is 192 g/mol. The fraction of sp³-hybridized carbons (Fsp3) is 0. The lowest BCUT2D eigenvalue weighted by Gasteiger charge is -1.93. The fourth-order valence-corrected chi connectivity index (χ4v) is 1.93. The monoisotopic (exact) mass is 195 g/mol. The lowest BCUT2D eigenvalue weighted by molar-refractivity contribution is 0.620. The summed E-state index contributed by atoms with van der Waals surface area (Å²) in [5, 5.41) is 10.0. The van der Waals surface area contributed by atoms with Crippen molar-refractivity contribution in [1.82, 2.24) is 0 Å². The molecule has 13 heavy (non-hydrogen) atoms. The van der Waals surface area contributed by atoms with E-state index >= 15 is 0 Å². The Morgan fingerprint density at radius 1 is 1.23 bits per heavy atom. The minimum absolute atomic E-state index is 0.0469. The van der Waals surface area contributed by atoms with Crippen molar-refractivity contribution in [3.05, 3.63) is 34.7 Å². The molecule has 4 heteroatoms. The van der Waals surface area contributed by atoms with Crippen LogP contribution < -0.4 is 0 Å². The Kier molecular flexibility index (Phi) is 1.74. The summed E-state index contributed by atoms with van der Waals surface area (Å²) >= 11 is 1.16. The topological polar surface area (TPSA) is 23.8 Å². The largest absolute Gasteiger partial charge is 0.206 e. The molecule has 0 saturated heterocycles. The van der Waals surface area contributed by atoms with Crippen molar-refractivity contribution < 1.29 is 8.78 Å². The first kappa shape index (κ1) is 8.14. The van der Waals surface area contributed by atoms with E-state index in [1.54, 1.807) is 6.07 Å². The summed E-state index contributed by atoms with van der Waals surface area (Å²) in [6.45, 7) is 0. The maximum atomic E-state index is 13.0. The third kappa shape index (κ3) is 1.18. The molecule has 0 unspecified atom stereocenters. The number of fused-ring (bicyclic) bond motifs is 1. The van der Waals surface area contributed by atoms with Gasteiger partial charge in [0.2, 0.25) is 0 Å². The Morgan fingerprint density at radius 2 is 2.00 bits per heavy atom. The lowest BCUT2D eigenvalue weighted by Crippen LogP contribution is -1.82. The van der Waals surface area contributed by atoms with E-state index in [1.807, 2.05) is 0 Å². The molecule has 0 aliphatic carbocycles. The highest BCUT2D eigenvalue weighted by Gasteiger charge is 2.08. The van der Waals surface area contributed by atoms with Crippen LogP contribution in [0.5, 0.6) is 0 Å². The summed E-state index contributed by atoms with van der Waals surface area (Å²) < 4.78 is 26.5. The zero-order valence-corrected chi connectivity index (χ0v) is 7.16. The van der Waals surface area contributed by atoms with E-state index in [0.29, 0.717) is 4.70 Å². The Balaban J connectivity index is 2.85. The standard InChI is InChI=1S/C9H3F2NS/c10-7-2-6-8(11)4-13-9(6)1-5(7)3-12/h1-2,4H. The van der Waals surface area contributed by atoms with Gasteiger partial charge in [-0.3, -0.25) is 0 Å². The average Bonchev–Trinajstić information content (AvgIpc) is 2.47. The Bertz CT molecular complexity index is 510. The first-order chi connectivity index (χ1) is 6.22. The second-order valence-corrected chi connectivity index (χ2v) is 3.43. The summed E-state index contributed by atoms with van der Waals surface area (Å²) in [5.41, 5.74) is -0.0469. The van der Waals surface area contributed by atoms with E-state index < -0.39 is 11.6 Å². The SMILES string of the molecule is N#Cc1cc2scc(F)c2cc1F. The van der Waals surface area contributed by atoms with Gasteiger partial charge in [0.25, 0.3) is 0 Å². The van der Waals surface area contributed by atoms with E-state index in [2.05, 4.69) is 0 Å². The van der Waals surface area contributed by atoms with Crippen LogP contribution in [0.15, 0.2) is 17.5 Å². The Morgan fingerprint density at radius 3 is 2.69 bits per heavy atom. The molecular formula is C9H3F2NS. The predicted molar refractivity (Wildman–Crippen MR) is 46.5 cm³/mol. The van der Waals surface area contributed by atoms with E-state index in [-0.39, 0.29) is 10.9 Å². The molecule has 1 aromatic carbocycles. The highest BCUT2D eigenvalue weighted by molar-refractivity contribution is 7.17. The first-order valence-electron chi connectivity index (χ1n) is 3.48. The van der Waals surface area contributed by atoms with Crippen molar-refractivity contribution in [2.45, 2.75) is 0 Å². The number of thiophene rings is 1. The van der Waals surface area contributed by atoms with Crippen LogP contribution in [0.1, 0.15) is 5.56 Å². The second kappa shape index (κ2) is 2.79. The van der Waals surface area contributed by atoms with Crippen molar-refractivity contribution in [3.63, 3.8) is 0 Å². The zero-order valence-electron chi connectivity index (χ0n) is 6.34. The van der Waals surface area contributed by atoms with Crippen molar-refractivity contribution in [3.8, 4) is 6.07 Å². The molecule has 0 aliphatic rings. The fourth-order valence-electron chi connectivity index (χ4n) is 1.10. The molecule has 1 aromatic heterocycles. The molecule has 0 saturated carbocycles. The zero-order chi connectivity index (χ0) is 9.42. The molecule has 0 spiro atoms. The van der Waals surface area contributed by atoms with Crippen LogP contribution in [0.3, 0.4) is 0 Å². The second-order valence-electron chi connectivity index (χ2n) is 2.52. The maximum Gasteiger partial charge on any atom is 0.141 e. The molecule has 2 rings (SSSR count). The van der Waals surface area contributed by atoms with Crippen molar-refractivity contribution in [2.24, 2.45) is 0 Å². The van der Waals surface area contributed by atoms with Crippen molar-refractivity contribution >= 4 is 21.4 Å². The van der Waals surface area contributed by atoms with Crippen molar-refractivity contribution in [2.75, 3.05) is 0 Å². The molecule has 0 aliphatic heterocycles. The number of rotatable bonds is 0. The summed E-state index contributed by atoms with van der Waals surface area (Å²) in [6.07, 6.45) is 0. The molecule has 1 nitrogen and oxygen atoms in total. The third-order valence-corrected chi connectivity index (χ3v) is 2.65. The summed E-state index contributed by atoms with van der Waals surface area (Å²) in [6, 6.07) is 4.12. The minimum Gasteiger partial charge on any atom is -0.206 e. The van der Waals surface area contributed by atoms with Crippen LogP contribution in [0.4, 0.5) is 8.78 Å². The number of nitriles is 1. The van der Waals surface area contributed by atoms with Crippen molar-refractivity contribution in [1.29, 1.82) is 5.26 Å². The van der Waals surface area contributed by atoms with Gasteiger partial charge < -0.3 is 0 Å². The van der Waals surface area contributed by atoms with Gasteiger partial charge in [0.15, 0.2) is 0 Å². The molecule has 64 valence electrons. The molecule has 0 amide bonds. The number of hydrogen-bond donors (Lipinski definition) is 0. The van der Waals surface area contributed by atoms with E-state index in [4.69, 9.17) is 5.26 Å². The summed E-state index contributed by atoms with van der Waals surface area (Å²) in [4.78, 5) is 0. The Labute approximate surface area is 76.8 Å². The van der Waals surface area contributed by atoms with Crippen LogP contribution in [0, 0.1) is 23.0 Å². The van der Waals surface area contributed by atoms with Gasteiger partial charge in [-0.05, 0) is 12.1 Å². The van der Waals surface area contributed by atoms with Gasteiger partial charge in [-0.2, -0.15) is 5.26 Å². The third-order valence-electron chi connectivity index (χ3n) is 1.74. The molecule has 0 atom stereocenters. The Hall–Kier alpha value is -1.47. The number of benzene rings is 1. The van der Waals surface area contributed by atoms with Crippen LogP contribution in [-0.2, 0) is 0 Å². The number of nitrogens with zero attached hydrogens (tertiary/aromatic N) is 1. The smallest absolute Gasteiger partial charge is 0.141 e. The molecule has 1 heterocycles. The van der Waals surface area contributed by atoms with Gasteiger partial charge >= 0.3 is 0 Å². The van der Waals surface area contributed by atoms with Gasteiger partial charge in [0, 0.05) is 15.5 Å². The van der Waals surface area contributed by atoms with Crippen LogP contribution in [0.2, 0.25) is 0 Å². The minimum atomic E-state index is -0.674. The van der Waals surface area contributed by atoms with Crippen LogP contribution >= 0.6 is 11.3 Å². The quantitative estimate of drug-likeness (QED) is 0.633. The van der Waals surface area contributed by atoms with E-state index in [9.17, 15) is 8.78 Å². The van der Waals surface area contributed by atoms with Crippen LogP contribution in [0.25, 0.3) is 10.1 Å². The molecule has 2 aromatic rings. The van der Waals surface area contributed by atoms with Gasteiger partial charge in [0.05, 0.1) is 5.56 Å². The average molecular weight is 195 g/mol. The molecule has 0 radical (unpaired) electrons. The lowest BCUT2D eigenvalue weighted by atomic mass is 10.2. The number of halogens is 2. The van der Waals surface area contributed by atoms with Gasteiger partial charge in [-0.1, -0.05) is 0 Å². The predicted octanol–water partition coefficient (Wildman–Crippen LogP) is 3.05. The molecule has 0 N–H and O–H groups in total. The molecule has 0 fully saturated rings. The van der Waals surface area contributed by atoms with Gasteiger partial charge in [-0.25, -0.2) is 8.78 Å². The highest BCUT2D eigenvalue weighted by Crippen LogP contribution is 2.26. The highest BCUT2D eigenvalue weighted by atomic mass is 32.1.